The predicted octanol–water partition coefficient (Wildman–Crippen LogP) is 3.72. The maximum absolute atomic E-state index is 12.7. The highest BCUT2D eigenvalue weighted by Gasteiger charge is 2.14. The van der Waals surface area contributed by atoms with E-state index in [9.17, 15) is 9.59 Å². The number of benzene rings is 2. The Bertz CT molecular complexity index is 741. The molecule has 0 fully saturated rings. The number of rotatable bonds is 11. The summed E-state index contributed by atoms with van der Waals surface area (Å²) in [6.07, 6.45) is 2.68. The molecule has 2 aromatic rings. The summed E-state index contributed by atoms with van der Waals surface area (Å²) in [7, 11) is 0. The van der Waals surface area contributed by atoms with Gasteiger partial charge in [-0.2, -0.15) is 0 Å². The standard InChI is InChI=1S/C23H31N3O2/c1-3-15-26(16-4-2)23(28)20-11-8-12-21(17-20)25-18-22(27)24-14-13-19-9-6-5-7-10-19/h5-12,17,25H,3-4,13-16,18H2,1-2H3,(H,24,27). The molecule has 0 bridgehead atoms. The van der Waals surface area contributed by atoms with Crippen LogP contribution in [0.2, 0.25) is 0 Å². The molecule has 5 heteroatoms. The average molecular weight is 382 g/mol. The highest BCUT2D eigenvalue weighted by atomic mass is 16.2. The molecule has 150 valence electrons. The Morgan fingerprint density at radius 2 is 1.64 bits per heavy atom. The highest BCUT2D eigenvalue weighted by molar-refractivity contribution is 5.95. The van der Waals surface area contributed by atoms with Crippen molar-refractivity contribution in [2.45, 2.75) is 33.1 Å². The van der Waals surface area contributed by atoms with E-state index in [4.69, 9.17) is 0 Å². The third kappa shape index (κ3) is 7.06. The lowest BCUT2D eigenvalue weighted by Gasteiger charge is -2.21. The van der Waals surface area contributed by atoms with E-state index in [1.54, 1.807) is 0 Å². The molecule has 2 rings (SSSR count). The number of hydrogen-bond acceptors (Lipinski definition) is 3. The molecule has 5 nitrogen and oxygen atoms in total. The van der Waals surface area contributed by atoms with Crippen molar-refractivity contribution in [3.63, 3.8) is 0 Å². The molecule has 0 unspecified atom stereocenters. The van der Waals surface area contributed by atoms with E-state index in [0.717, 1.165) is 38.0 Å². The van der Waals surface area contributed by atoms with Gasteiger partial charge in [-0.3, -0.25) is 9.59 Å². The summed E-state index contributed by atoms with van der Waals surface area (Å²) in [4.78, 5) is 26.6. The first-order valence-electron chi connectivity index (χ1n) is 10.1. The van der Waals surface area contributed by atoms with Crippen molar-refractivity contribution in [1.82, 2.24) is 10.2 Å². The van der Waals surface area contributed by atoms with Gasteiger partial charge in [0.1, 0.15) is 0 Å². The number of carbonyl (C=O) groups is 2. The molecule has 0 aliphatic rings. The molecule has 0 spiro atoms. The van der Waals surface area contributed by atoms with Crippen LogP contribution in [0.25, 0.3) is 0 Å². The van der Waals surface area contributed by atoms with Gasteiger partial charge < -0.3 is 15.5 Å². The molecule has 2 N–H and O–H groups in total. The second kappa shape index (κ2) is 11.8. The number of anilines is 1. The monoisotopic (exact) mass is 381 g/mol. The Kier molecular flexibility index (Phi) is 9.05. The van der Waals surface area contributed by atoms with Crippen molar-refractivity contribution in [2.24, 2.45) is 0 Å². The van der Waals surface area contributed by atoms with Gasteiger partial charge in [0, 0.05) is 30.9 Å². The summed E-state index contributed by atoms with van der Waals surface area (Å²) in [5.74, 6) is -0.0223. The van der Waals surface area contributed by atoms with Crippen molar-refractivity contribution in [1.29, 1.82) is 0 Å². The van der Waals surface area contributed by atoms with Gasteiger partial charge in [0.25, 0.3) is 5.91 Å². The molecule has 2 aromatic carbocycles. The van der Waals surface area contributed by atoms with Crippen LogP contribution in [-0.2, 0) is 11.2 Å². The average Bonchev–Trinajstić information content (AvgIpc) is 2.72. The molecule has 2 amide bonds. The molecular formula is C23H31N3O2. The van der Waals surface area contributed by atoms with Crippen LogP contribution in [0.4, 0.5) is 5.69 Å². The zero-order valence-electron chi connectivity index (χ0n) is 16.9. The van der Waals surface area contributed by atoms with E-state index in [0.29, 0.717) is 12.1 Å². The van der Waals surface area contributed by atoms with Crippen LogP contribution in [0.15, 0.2) is 54.6 Å². The lowest BCUT2D eigenvalue weighted by molar-refractivity contribution is -0.119. The Morgan fingerprint density at radius 1 is 0.929 bits per heavy atom. The van der Waals surface area contributed by atoms with Crippen molar-refractivity contribution in [2.75, 3.05) is 31.5 Å². The number of carbonyl (C=O) groups excluding carboxylic acids is 2. The minimum Gasteiger partial charge on any atom is -0.376 e. The van der Waals surface area contributed by atoms with E-state index in [2.05, 4.69) is 24.5 Å². The summed E-state index contributed by atoms with van der Waals surface area (Å²) in [5.41, 5.74) is 2.62. The molecule has 0 radical (unpaired) electrons. The third-order valence-corrected chi connectivity index (χ3v) is 4.42. The quantitative estimate of drug-likeness (QED) is 0.624. The van der Waals surface area contributed by atoms with Gasteiger partial charge >= 0.3 is 0 Å². The van der Waals surface area contributed by atoms with E-state index in [-0.39, 0.29) is 18.4 Å². The maximum Gasteiger partial charge on any atom is 0.253 e. The van der Waals surface area contributed by atoms with Crippen LogP contribution in [0.3, 0.4) is 0 Å². The highest BCUT2D eigenvalue weighted by Crippen LogP contribution is 2.13. The second-order valence-electron chi connectivity index (χ2n) is 6.81. The number of hydrogen-bond donors (Lipinski definition) is 2. The number of nitrogens with zero attached hydrogens (tertiary/aromatic N) is 1. The van der Waals surface area contributed by atoms with Gasteiger partial charge in [0.2, 0.25) is 5.91 Å². The minimum atomic E-state index is -0.0637. The molecule has 0 heterocycles. The molecule has 0 atom stereocenters. The molecule has 0 saturated carbocycles. The van der Waals surface area contributed by atoms with Gasteiger partial charge in [0.05, 0.1) is 6.54 Å². The van der Waals surface area contributed by atoms with Gasteiger partial charge in [-0.15, -0.1) is 0 Å². The van der Waals surface area contributed by atoms with Crippen LogP contribution in [-0.4, -0.2) is 42.9 Å². The normalized spacial score (nSPS) is 10.4. The minimum absolute atomic E-state index is 0.0414. The van der Waals surface area contributed by atoms with E-state index < -0.39 is 0 Å². The van der Waals surface area contributed by atoms with Gasteiger partial charge in [-0.05, 0) is 43.0 Å². The molecular weight excluding hydrogens is 350 g/mol. The zero-order valence-corrected chi connectivity index (χ0v) is 16.9. The largest absolute Gasteiger partial charge is 0.376 e. The van der Waals surface area contributed by atoms with Gasteiger partial charge in [0.15, 0.2) is 0 Å². The Labute approximate surface area is 168 Å². The summed E-state index contributed by atoms with van der Waals surface area (Å²) >= 11 is 0. The fourth-order valence-corrected chi connectivity index (χ4v) is 3.04. The molecule has 0 aliphatic carbocycles. The molecule has 0 aromatic heterocycles. The predicted molar refractivity (Wildman–Crippen MR) is 115 cm³/mol. The van der Waals surface area contributed by atoms with Crippen LogP contribution >= 0.6 is 0 Å². The lowest BCUT2D eigenvalue weighted by atomic mass is 10.1. The Morgan fingerprint density at radius 3 is 2.32 bits per heavy atom. The first kappa shape index (κ1) is 21.5. The van der Waals surface area contributed by atoms with Crippen LogP contribution in [0.1, 0.15) is 42.6 Å². The van der Waals surface area contributed by atoms with Gasteiger partial charge in [-0.25, -0.2) is 0 Å². The molecule has 0 saturated heterocycles. The summed E-state index contributed by atoms with van der Waals surface area (Å²) < 4.78 is 0. The number of amides is 2. The first-order valence-corrected chi connectivity index (χ1v) is 10.1. The Balaban J connectivity index is 1.83. The zero-order chi connectivity index (χ0) is 20.2. The van der Waals surface area contributed by atoms with Crippen molar-refractivity contribution < 1.29 is 9.59 Å². The smallest absolute Gasteiger partial charge is 0.253 e. The fraction of sp³-hybridized carbons (Fsp3) is 0.391. The van der Waals surface area contributed by atoms with Crippen molar-refractivity contribution in [3.8, 4) is 0 Å². The number of nitrogens with one attached hydrogen (secondary N) is 2. The van der Waals surface area contributed by atoms with Crippen molar-refractivity contribution in [3.05, 3.63) is 65.7 Å². The summed E-state index contributed by atoms with van der Waals surface area (Å²) in [6, 6.07) is 17.4. The summed E-state index contributed by atoms with van der Waals surface area (Å²) in [5, 5.41) is 6.02. The summed E-state index contributed by atoms with van der Waals surface area (Å²) in [6.45, 7) is 6.45. The van der Waals surface area contributed by atoms with Crippen LogP contribution in [0.5, 0.6) is 0 Å². The third-order valence-electron chi connectivity index (χ3n) is 4.42. The lowest BCUT2D eigenvalue weighted by Crippen LogP contribution is -2.33. The van der Waals surface area contributed by atoms with Crippen LogP contribution in [0, 0.1) is 0 Å². The SMILES string of the molecule is CCCN(CCC)C(=O)c1cccc(NCC(=O)NCCc2ccccc2)c1. The van der Waals surface area contributed by atoms with Crippen LogP contribution < -0.4 is 10.6 Å². The van der Waals surface area contributed by atoms with E-state index in [1.165, 1.54) is 5.56 Å². The van der Waals surface area contributed by atoms with Gasteiger partial charge in [-0.1, -0.05) is 50.2 Å². The maximum atomic E-state index is 12.7. The molecule has 28 heavy (non-hydrogen) atoms. The fourth-order valence-electron chi connectivity index (χ4n) is 3.04. The first-order chi connectivity index (χ1) is 13.6. The Hall–Kier alpha value is -2.82. The van der Waals surface area contributed by atoms with Crippen molar-refractivity contribution >= 4 is 17.5 Å². The van der Waals surface area contributed by atoms with E-state index in [1.807, 2.05) is 59.5 Å². The van der Waals surface area contributed by atoms with E-state index >= 15 is 0 Å². The second-order valence-corrected chi connectivity index (χ2v) is 6.81. The molecule has 0 aliphatic heterocycles. The topological polar surface area (TPSA) is 61.4 Å².